The molecule has 0 spiro atoms. The summed E-state index contributed by atoms with van der Waals surface area (Å²) in [4.78, 5) is 3.46. The normalized spacial score (nSPS) is 11.9. The Morgan fingerprint density at radius 2 is 1.90 bits per heavy atom. The Kier molecular flexibility index (Phi) is 4.25. The molecule has 0 saturated heterocycles. The molecule has 0 saturated carbocycles. The van der Waals surface area contributed by atoms with E-state index in [-0.39, 0.29) is 4.90 Å². The van der Waals surface area contributed by atoms with Gasteiger partial charge < -0.3 is 0 Å². The molecule has 0 fully saturated rings. The molecule has 0 amide bonds. The summed E-state index contributed by atoms with van der Waals surface area (Å²) >= 11 is 1.52. The predicted molar refractivity (Wildman–Crippen MR) is 82.9 cm³/mol. The van der Waals surface area contributed by atoms with Crippen molar-refractivity contribution in [1.29, 1.82) is 0 Å². The van der Waals surface area contributed by atoms with Gasteiger partial charge in [-0.25, -0.2) is 4.83 Å². The minimum atomic E-state index is -3.62. The molecule has 0 atom stereocenters. The van der Waals surface area contributed by atoms with E-state index in [0.717, 1.165) is 16.0 Å². The van der Waals surface area contributed by atoms with Crippen LogP contribution in [0.4, 0.5) is 0 Å². The van der Waals surface area contributed by atoms with Crippen molar-refractivity contribution in [2.45, 2.75) is 25.7 Å². The van der Waals surface area contributed by atoms with Crippen LogP contribution in [0.5, 0.6) is 0 Å². The standard InChI is InChI=1S/C14H16N2O2S2/c1-10-4-5-12(3)14(8-10)20(17,18)16-15-9-13-11(2)6-7-19-13/h4-9,16H,1-3H3/b15-9+. The van der Waals surface area contributed by atoms with Crippen molar-refractivity contribution < 1.29 is 8.42 Å². The van der Waals surface area contributed by atoms with E-state index in [9.17, 15) is 8.42 Å². The summed E-state index contributed by atoms with van der Waals surface area (Å²) in [5, 5.41) is 5.78. The molecule has 106 valence electrons. The Bertz CT molecular complexity index is 746. The van der Waals surface area contributed by atoms with Crippen LogP contribution in [0, 0.1) is 20.8 Å². The highest BCUT2D eigenvalue weighted by molar-refractivity contribution is 7.89. The van der Waals surface area contributed by atoms with Gasteiger partial charge in [0.15, 0.2) is 0 Å². The Morgan fingerprint density at radius 3 is 2.55 bits per heavy atom. The topological polar surface area (TPSA) is 58.5 Å². The monoisotopic (exact) mass is 308 g/mol. The first-order valence-electron chi connectivity index (χ1n) is 6.06. The molecule has 0 unspecified atom stereocenters. The number of hydrogen-bond acceptors (Lipinski definition) is 4. The van der Waals surface area contributed by atoms with Crippen molar-refractivity contribution in [2.24, 2.45) is 5.10 Å². The van der Waals surface area contributed by atoms with Crippen LogP contribution in [0.25, 0.3) is 0 Å². The third-order valence-corrected chi connectivity index (χ3v) is 5.21. The zero-order valence-electron chi connectivity index (χ0n) is 11.5. The third kappa shape index (κ3) is 3.26. The van der Waals surface area contributed by atoms with Crippen molar-refractivity contribution in [3.05, 3.63) is 51.2 Å². The first-order chi connectivity index (χ1) is 9.40. The fraction of sp³-hybridized carbons (Fsp3) is 0.214. The fourth-order valence-electron chi connectivity index (χ4n) is 1.72. The molecule has 20 heavy (non-hydrogen) atoms. The summed E-state index contributed by atoms with van der Waals surface area (Å²) in [6.07, 6.45) is 1.53. The van der Waals surface area contributed by atoms with Gasteiger partial charge in [-0.2, -0.15) is 13.5 Å². The van der Waals surface area contributed by atoms with Crippen molar-refractivity contribution in [3.63, 3.8) is 0 Å². The number of rotatable bonds is 4. The van der Waals surface area contributed by atoms with E-state index in [1.165, 1.54) is 17.6 Å². The quantitative estimate of drug-likeness (QED) is 0.697. The zero-order chi connectivity index (χ0) is 14.8. The summed E-state index contributed by atoms with van der Waals surface area (Å²) in [7, 11) is -3.62. The van der Waals surface area contributed by atoms with Crippen LogP contribution < -0.4 is 4.83 Å². The van der Waals surface area contributed by atoms with Gasteiger partial charge in [0.2, 0.25) is 0 Å². The number of benzene rings is 1. The van der Waals surface area contributed by atoms with Gasteiger partial charge in [0.25, 0.3) is 10.0 Å². The van der Waals surface area contributed by atoms with Gasteiger partial charge in [-0.05, 0) is 55.0 Å². The van der Waals surface area contributed by atoms with E-state index < -0.39 is 10.0 Å². The summed E-state index contributed by atoms with van der Waals surface area (Å²) in [6, 6.07) is 7.28. The lowest BCUT2D eigenvalue weighted by Gasteiger charge is -2.07. The highest BCUT2D eigenvalue weighted by Crippen LogP contribution is 2.17. The highest BCUT2D eigenvalue weighted by Gasteiger charge is 2.15. The molecular weight excluding hydrogens is 292 g/mol. The van der Waals surface area contributed by atoms with Gasteiger partial charge >= 0.3 is 0 Å². The van der Waals surface area contributed by atoms with Gasteiger partial charge in [-0.1, -0.05) is 12.1 Å². The second-order valence-corrected chi connectivity index (χ2v) is 7.17. The van der Waals surface area contributed by atoms with E-state index in [0.29, 0.717) is 5.56 Å². The first kappa shape index (κ1) is 14.7. The van der Waals surface area contributed by atoms with E-state index in [2.05, 4.69) is 9.93 Å². The molecular formula is C14H16N2O2S2. The second-order valence-electron chi connectivity index (χ2n) is 4.59. The lowest BCUT2D eigenvalue weighted by Crippen LogP contribution is -2.19. The van der Waals surface area contributed by atoms with Crippen LogP contribution in [-0.2, 0) is 10.0 Å². The lowest BCUT2D eigenvalue weighted by atomic mass is 10.2. The number of nitrogens with one attached hydrogen (secondary N) is 1. The van der Waals surface area contributed by atoms with Gasteiger partial charge in [0.05, 0.1) is 16.0 Å². The molecule has 2 rings (SSSR count). The molecule has 6 heteroatoms. The predicted octanol–water partition coefficient (Wildman–Crippen LogP) is 2.99. The Balaban J connectivity index is 2.22. The second kappa shape index (κ2) is 5.76. The van der Waals surface area contributed by atoms with E-state index in [4.69, 9.17) is 0 Å². The first-order valence-corrected chi connectivity index (χ1v) is 8.42. The maximum atomic E-state index is 12.2. The SMILES string of the molecule is Cc1ccc(C)c(S(=O)(=O)N/N=C/c2sccc2C)c1. The molecule has 0 aliphatic heterocycles. The molecule has 1 heterocycles. The van der Waals surface area contributed by atoms with Crippen molar-refractivity contribution in [1.82, 2.24) is 4.83 Å². The summed E-state index contributed by atoms with van der Waals surface area (Å²) in [5.41, 5.74) is 2.67. The minimum Gasteiger partial charge on any atom is -0.200 e. The van der Waals surface area contributed by atoms with Crippen molar-refractivity contribution in [3.8, 4) is 0 Å². The third-order valence-electron chi connectivity index (χ3n) is 2.89. The average molecular weight is 308 g/mol. The van der Waals surface area contributed by atoms with Crippen LogP contribution >= 0.6 is 11.3 Å². The zero-order valence-corrected chi connectivity index (χ0v) is 13.2. The summed E-state index contributed by atoms with van der Waals surface area (Å²) in [6.45, 7) is 5.58. The van der Waals surface area contributed by atoms with Gasteiger partial charge in [0.1, 0.15) is 0 Å². The number of nitrogens with zero attached hydrogens (tertiary/aromatic N) is 1. The number of aryl methyl sites for hydroxylation is 3. The molecule has 1 N–H and O–H groups in total. The number of hydrogen-bond donors (Lipinski definition) is 1. The van der Waals surface area contributed by atoms with E-state index >= 15 is 0 Å². The molecule has 1 aromatic heterocycles. The maximum Gasteiger partial charge on any atom is 0.276 e. The van der Waals surface area contributed by atoms with Crippen LogP contribution in [0.1, 0.15) is 21.6 Å². The molecule has 0 radical (unpaired) electrons. The van der Waals surface area contributed by atoms with Crippen LogP contribution in [0.3, 0.4) is 0 Å². The number of hydrazone groups is 1. The Labute approximate surface area is 123 Å². The molecule has 0 bridgehead atoms. The average Bonchev–Trinajstić information content (AvgIpc) is 2.78. The fourth-order valence-corrected chi connectivity index (χ4v) is 3.63. The molecule has 4 nitrogen and oxygen atoms in total. The largest absolute Gasteiger partial charge is 0.276 e. The van der Waals surface area contributed by atoms with E-state index in [1.54, 1.807) is 19.1 Å². The van der Waals surface area contributed by atoms with Crippen molar-refractivity contribution >= 4 is 27.6 Å². The van der Waals surface area contributed by atoms with Gasteiger partial charge in [-0.15, -0.1) is 11.3 Å². The molecule has 0 aliphatic carbocycles. The molecule has 0 aliphatic rings. The number of sulfonamides is 1. The lowest BCUT2D eigenvalue weighted by molar-refractivity contribution is 0.584. The smallest absolute Gasteiger partial charge is 0.200 e. The summed E-state index contributed by atoms with van der Waals surface area (Å²) in [5.74, 6) is 0. The van der Waals surface area contributed by atoms with Gasteiger partial charge in [0, 0.05) is 0 Å². The van der Waals surface area contributed by atoms with Crippen LogP contribution in [-0.4, -0.2) is 14.6 Å². The van der Waals surface area contributed by atoms with Gasteiger partial charge in [-0.3, -0.25) is 0 Å². The van der Waals surface area contributed by atoms with Crippen LogP contribution in [0.2, 0.25) is 0 Å². The molecule has 1 aromatic carbocycles. The molecule has 2 aromatic rings. The number of thiophene rings is 1. The Morgan fingerprint density at radius 1 is 1.15 bits per heavy atom. The Hall–Kier alpha value is -1.66. The summed E-state index contributed by atoms with van der Waals surface area (Å²) < 4.78 is 24.4. The highest BCUT2D eigenvalue weighted by atomic mass is 32.2. The van der Waals surface area contributed by atoms with Crippen molar-refractivity contribution in [2.75, 3.05) is 0 Å². The van der Waals surface area contributed by atoms with E-state index in [1.807, 2.05) is 31.4 Å². The minimum absolute atomic E-state index is 0.262. The van der Waals surface area contributed by atoms with Crippen LogP contribution in [0.15, 0.2) is 39.6 Å². The maximum absolute atomic E-state index is 12.2.